The van der Waals surface area contributed by atoms with E-state index in [-0.39, 0.29) is 29.9 Å². The minimum Gasteiger partial charge on any atom is -0.326 e. The van der Waals surface area contributed by atoms with Crippen LogP contribution in [0.2, 0.25) is 0 Å². The van der Waals surface area contributed by atoms with Gasteiger partial charge in [-0.05, 0) is 52.9 Å². The van der Waals surface area contributed by atoms with Gasteiger partial charge in [0.15, 0.2) is 0 Å². The largest absolute Gasteiger partial charge is 0.326 e. The molecule has 19 heavy (non-hydrogen) atoms. The maximum Gasteiger partial charge on any atom is 0.241 e. The average molecular weight is 435 g/mol. The number of halogens is 3. The maximum atomic E-state index is 12.1. The minimum absolute atomic E-state index is 0. The first-order valence-electron chi connectivity index (χ1n) is 5.60. The van der Waals surface area contributed by atoms with Gasteiger partial charge >= 0.3 is 0 Å². The van der Waals surface area contributed by atoms with Gasteiger partial charge in [0.1, 0.15) is 0 Å². The molecule has 1 fully saturated rings. The summed E-state index contributed by atoms with van der Waals surface area (Å²) in [6, 6.07) is 4.94. The van der Waals surface area contributed by atoms with E-state index < -0.39 is 10.0 Å². The molecule has 1 saturated carbocycles. The molecule has 2 rings (SSSR count). The Balaban J connectivity index is 0.00000180. The van der Waals surface area contributed by atoms with Crippen molar-refractivity contribution >= 4 is 54.3 Å². The third kappa shape index (κ3) is 4.68. The van der Waals surface area contributed by atoms with Gasteiger partial charge in [-0.2, -0.15) is 0 Å². The van der Waals surface area contributed by atoms with Gasteiger partial charge in [-0.3, -0.25) is 0 Å². The molecule has 108 valence electrons. The van der Waals surface area contributed by atoms with Gasteiger partial charge < -0.3 is 5.73 Å². The SMILES string of the molecule is Cl.NC(CNS(=O)(=O)c1cc(Br)ccc1Br)C1CC1. The van der Waals surface area contributed by atoms with E-state index in [2.05, 4.69) is 36.6 Å². The summed E-state index contributed by atoms with van der Waals surface area (Å²) in [7, 11) is -3.52. The molecule has 8 heteroatoms. The van der Waals surface area contributed by atoms with Gasteiger partial charge in [0, 0.05) is 21.5 Å². The van der Waals surface area contributed by atoms with Gasteiger partial charge in [0.2, 0.25) is 10.0 Å². The lowest BCUT2D eigenvalue weighted by Crippen LogP contribution is -2.38. The van der Waals surface area contributed by atoms with Crippen LogP contribution in [0.1, 0.15) is 12.8 Å². The number of hydrogen-bond acceptors (Lipinski definition) is 3. The summed E-state index contributed by atoms with van der Waals surface area (Å²) in [4.78, 5) is 0.222. The third-order valence-corrected chi connectivity index (χ3v) is 5.83. The molecular formula is C11H15Br2ClN2O2S. The zero-order valence-corrected chi connectivity index (χ0v) is 14.8. The number of nitrogens with one attached hydrogen (secondary N) is 1. The predicted molar refractivity (Wildman–Crippen MR) is 85.0 cm³/mol. The van der Waals surface area contributed by atoms with Gasteiger partial charge in [-0.1, -0.05) is 15.9 Å². The van der Waals surface area contributed by atoms with Crippen LogP contribution in [0.25, 0.3) is 0 Å². The Bertz CT molecular complexity index is 550. The van der Waals surface area contributed by atoms with Crippen molar-refractivity contribution in [2.75, 3.05) is 6.54 Å². The predicted octanol–water partition coefficient (Wildman–Crippen LogP) is 2.65. The smallest absolute Gasteiger partial charge is 0.241 e. The van der Waals surface area contributed by atoms with Crippen molar-refractivity contribution in [2.45, 2.75) is 23.8 Å². The highest BCUT2D eigenvalue weighted by Gasteiger charge is 2.29. The normalized spacial score (nSPS) is 16.8. The van der Waals surface area contributed by atoms with Crippen molar-refractivity contribution in [2.24, 2.45) is 11.7 Å². The molecule has 1 aliphatic rings. The molecule has 0 heterocycles. The summed E-state index contributed by atoms with van der Waals surface area (Å²) in [6.45, 7) is 0.284. The van der Waals surface area contributed by atoms with E-state index in [1.165, 1.54) is 0 Å². The second-order valence-electron chi connectivity index (χ2n) is 4.43. The van der Waals surface area contributed by atoms with Crippen LogP contribution in [-0.4, -0.2) is 21.0 Å². The first-order chi connectivity index (χ1) is 8.40. The highest BCUT2D eigenvalue weighted by atomic mass is 79.9. The van der Waals surface area contributed by atoms with Crippen molar-refractivity contribution in [3.63, 3.8) is 0 Å². The molecule has 0 bridgehead atoms. The monoisotopic (exact) mass is 432 g/mol. The lowest BCUT2D eigenvalue weighted by Gasteiger charge is -2.13. The Labute approximate surface area is 136 Å². The Hall–Kier alpha value is 0.340. The molecule has 0 spiro atoms. The van der Waals surface area contributed by atoms with E-state index in [4.69, 9.17) is 5.73 Å². The number of rotatable bonds is 5. The zero-order chi connectivity index (χ0) is 13.3. The topological polar surface area (TPSA) is 72.2 Å². The van der Waals surface area contributed by atoms with Gasteiger partial charge in [-0.25, -0.2) is 13.1 Å². The summed E-state index contributed by atoms with van der Waals surface area (Å²) in [6.07, 6.45) is 2.20. The fraction of sp³-hybridized carbons (Fsp3) is 0.455. The molecule has 1 unspecified atom stereocenters. The molecule has 1 aromatic carbocycles. The van der Waals surface area contributed by atoms with Crippen molar-refractivity contribution in [1.82, 2.24) is 4.72 Å². The second-order valence-corrected chi connectivity index (χ2v) is 7.93. The molecule has 0 radical (unpaired) electrons. The molecule has 1 aromatic rings. The summed E-state index contributed by atoms with van der Waals surface area (Å²) in [5, 5.41) is 0. The lowest BCUT2D eigenvalue weighted by atomic mass is 10.2. The average Bonchev–Trinajstić information content (AvgIpc) is 3.13. The van der Waals surface area contributed by atoms with Crippen LogP contribution in [0.4, 0.5) is 0 Å². The standard InChI is InChI=1S/C11H14Br2N2O2S.ClH/c12-8-3-4-9(13)11(5-8)18(16,17)15-6-10(14)7-1-2-7;/h3-5,7,10,15H,1-2,6,14H2;1H. The highest BCUT2D eigenvalue weighted by Crippen LogP contribution is 2.31. The van der Waals surface area contributed by atoms with Crippen LogP contribution in [0.5, 0.6) is 0 Å². The fourth-order valence-electron chi connectivity index (χ4n) is 1.66. The van der Waals surface area contributed by atoms with Gasteiger partial charge in [0.25, 0.3) is 0 Å². The van der Waals surface area contributed by atoms with Crippen LogP contribution in [0.3, 0.4) is 0 Å². The van der Waals surface area contributed by atoms with E-state index in [0.29, 0.717) is 10.4 Å². The molecule has 0 amide bonds. The van der Waals surface area contributed by atoms with Crippen molar-refractivity contribution in [3.8, 4) is 0 Å². The molecule has 1 aliphatic carbocycles. The van der Waals surface area contributed by atoms with E-state index in [1.807, 2.05) is 0 Å². The number of sulfonamides is 1. The summed E-state index contributed by atoms with van der Waals surface area (Å²) < 4.78 is 28.1. The van der Waals surface area contributed by atoms with Crippen LogP contribution >= 0.6 is 44.3 Å². The Morgan fingerprint density at radius 2 is 2.00 bits per heavy atom. The molecule has 0 aliphatic heterocycles. The molecule has 1 atom stereocenters. The molecule has 4 nitrogen and oxygen atoms in total. The Kier molecular flexibility index (Phi) is 6.28. The molecule has 0 saturated heterocycles. The highest BCUT2D eigenvalue weighted by molar-refractivity contribution is 9.11. The summed E-state index contributed by atoms with van der Waals surface area (Å²) in [5.74, 6) is 0.471. The molecule has 3 N–H and O–H groups in total. The van der Waals surface area contributed by atoms with Gasteiger partial charge in [-0.15, -0.1) is 12.4 Å². The van der Waals surface area contributed by atoms with Crippen LogP contribution in [0, 0.1) is 5.92 Å². The van der Waals surface area contributed by atoms with Crippen LogP contribution in [-0.2, 0) is 10.0 Å². The van der Waals surface area contributed by atoms with Crippen molar-refractivity contribution in [1.29, 1.82) is 0 Å². The van der Waals surface area contributed by atoms with Crippen molar-refractivity contribution in [3.05, 3.63) is 27.1 Å². The molecular weight excluding hydrogens is 419 g/mol. The number of hydrogen-bond donors (Lipinski definition) is 2. The van der Waals surface area contributed by atoms with E-state index in [1.54, 1.807) is 18.2 Å². The Morgan fingerprint density at radius 1 is 1.37 bits per heavy atom. The maximum absolute atomic E-state index is 12.1. The van der Waals surface area contributed by atoms with Crippen molar-refractivity contribution < 1.29 is 8.42 Å². The summed E-state index contributed by atoms with van der Waals surface area (Å²) in [5.41, 5.74) is 5.88. The zero-order valence-electron chi connectivity index (χ0n) is 9.97. The van der Waals surface area contributed by atoms with Crippen LogP contribution in [0.15, 0.2) is 32.0 Å². The van der Waals surface area contributed by atoms with Gasteiger partial charge in [0.05, 0.1) is 4.90 Å². The van der Waals surface area contributed by atoms with Crippen LogP contribution < -0.4 is 10.5 Å². The second kappa shape index (κ2) is 6.87. The lowest BCUT2D eigenvalue weighted by molar-refractivity contribution is 0.547. The quantitative estimate of drug-likeness (QED) is 0.748. The third-order valence-electron chi connectivity index (χ3n) is 2.92. The van der Waals surface area contributed by atoms with E-state index in [9.17, 15) is 8.42 Å². The molecule has 0 aromatic heterocycles. The van der Waals surface area contributed by atoms with E-state index in [0.717, 1.165) is 17.3 Å². The fourth-order valence-corrected chi connectivity index (χ4v) is 4.23. The first-order valence-corrected chi connectivity index (χ1v) is 8.67. The number of benzene rings is 1. The Morgan fingerprint density at radius 3 is 2.58 bits per heavy atom. The van der Waals surface area contributed by atoms with E-state index >= 15 is 0 Å². The first kappa shape index (κ1) is 17.4. The number of nitrogens with two attached hydrogens (primary N) is 1. The summed E-state index contributed by atoms with van der Waals surface area (Å²) >= 11 is 6.51. The minimum atomic E-state index is -3.52.